The zero-order valence-corrected chi connectivity index (χ0v) is 17.6. The van der Waals surface area contributed by atoms with Gasteiger partial charge in [0.1, 0.15) is 5.69 Å². The quantitative estimate of drug-likeness (QED) is 0.411. The summed E-state index contributed by atoms with van der Waals surface area (Å²) in [6.45, 7) is 8.29. The zero-order chi connectivity index (χ0) is 22.4. The Bertz CT molecular complexity index is 826. The molecule has 10 heteroatoms. The minimum atomic E-state index is -1.25. The Kier molecular flexibility index (Phi) is 7.73. The van der Waals surface area contributed by atoms with Gasteiger partial charge in [-0.1, -0.05) is 6.92 Å². The summed E-state index contributed by atoms with van der Waals surface area (Å²) in [5.41, 5.74) is 0.230. The number of carbonyl (C=O) groups excluding carboxylic acids is 3. The van der Waals surface area contributed by atoms with Crippen LogP contribution in [-0.2, 0) is 9.53 Å². The van der Waals surface area contributed by atoms with Crippen LogP contribution in [0.2, 0.25) is 0 Å². The average molecular weight is 420 g/mol. The molecule has 1 aliphatic rings. The lowest BCUT2D eigenvalue weighted by Gasteiger charge is -2.32. The number of carbonyl (C=O) groups is 3. The van der Waals surface area contributed by atoms with Crippen molar-refractivity contribution in [2.45, 2.75) is 52.7 Å². The number of anilines is 1. The molecule has 2 atom stereocenters. The maximum absolute atomic E-state index is 12.4. The predicted molar refractivity (Wildman–Crippen MR) is 110 cm³/mol. The van der Waals surface area contributed by atoms with Crippen molar-refractivity contribution in [3.05, 3.63) is 33.9 Å². The van der Waals surface area contributed by atoms with Crippen molar-refractivity contribution >= 4 is 29.3 Å². The molecule has 1 aromatic carbocycles. The smallest absolute Gasteiger partial charge is 0.339 e. The van der Waals surface area contributed by atoms with Gasteiger partial charge in [-0.05, 0) is 51.7 Å². The number of amides is 3. The number of urea groups is 1. The number of nitro benzene ring substituents is 1. The van der Waals surface area contributed by atoms with Gasteiger partial charge < -0.3 is 15.0 Å². The maximum Gasteiger partial charge on any atom is 0.339 e. The highest BCUT2D eigenvalue weighted by molar-refractivity contribution is 5.98. The third-order valence-corrected chi connectivity index (χ3v) is 4.72. The van der Waals surface area contributed by atoms with Crippen molar-refractivity contribution in [3.63, 3.8) is 0 Å². The maximum atomic E-state index is 12.4. The van der Waals surface area contributed by atoms with Crippen molar-refractivity contribution in [2.75, 3.05) is 18.0 Å². The van der Waals surface area contributed by atoms with E-state index in [-0.39, 0.29) is 17.3 Å². The van der Waals surface area contributed by atoms with E-state index >= 15 is 0 Å². The molecule has 0 aliphatic carbocycles. The standard InChI is InChI=1S/C20H28N4O6/c1-12(2)21-20(27)22-18(25)14(4)30-19(26)15-7-8-16(17(10-15)24(28)29)23-9-5-6-13(3)11-23/h7-8,10,12-14H,5-6,9,11H2,1-4H3,(H2,21,22,25,27). The first-order valence-corrected chi connectivity index (χ1v) is 9.94. The number of nitro groups is 1. The topological polar surface area (TPSA) is 131 Å². The lowest BCUT2D eigenvalue weighted by atomic mass is 9.99. The minimum absolute atomic E-state index is 0.0400. The van der Waals surface area contributed by atoms with E-state index in [0.29, 0.717) is 24.7 Å². The second-order valence-corrected chi connectivity index (χ2v) is 7.82. The van der Waals surface area contributed by atoms with Crippen molar-refractivity contribution in [1.82, 2.24) is 10.6 Å². The van der Waals surface area contributed by atoms with Crippen LogP contribution < -0.4 is 15.5 Å². The Hall–Kier alpha value is -3.17. The van der Waals surface area contributed by atoms with Crippen molar-refractivity contribution < 1.29 is 24.0 Å². The fourth-order valence-electron chi connectivity index (χ4n) is 3.27. The van der Waals surface area contributed by atoms with Crippen LogP contribution in [0.15, 0.2) is 18.2 Å². The third kappa shape index (κ3) is 6.16. The van der Waals surface area contributed by atoms with Crippen LogP contribution in [0.5, 0.6) is 0 Å². The second-order valence-electron chi connectivity index (χ2n) is 7.82. The van der Waals surface area contributed by atoms with E-state index in [2.05, 4.69) is 17.6 Å². The van der Waals surface area contributed by atoms with E-state index in [4.69, 9.17) is 4.74 Å². The molecule has 164 valence electrons. The first-order valence-electron chi connectivity index (χ1n) is 9.94. The number of ether oxygens (including phenoxy) is 1. The number of nitrogens with zero attached hydrogens (tertiary/aromatic N) is 2. The van der Waals surface area contributed by atoms with Crippen LogP contribution in [0.3, 0.4) is 0 Å². The molecule has 3 amide bonds. The first kappa shape index (κ1) is 23.1. The summed E-state index contributed by atoms with van der Waals surface area (Å²) >= 11 is 0. The number of benzene rings is 1. The van der Waals surface area contributed by atoms with Gasteiger partial charge in [0.15, 0.2) is 6.10 Å². The lowest BCUT2D eigenvalue weighted by Crippen LogP contribution is -2.46. The SMILES string of the molecule is CC1CCCN(c2ccc(C(=O)OC(C)C(=O)NC(=O)NC(C)C)cc2[N+](=O)[O-])C1. The molecule has 2 unspecified atom stereocenters. The molecule has 0 saturated carbocycles. The van der Waals surface area contributed by atoms with Gasteiger partial charge in [0.25, 0.3) is 11.6 Å². The van der Waals surface area contributed by atoms with Crippen LogP contribution in [0.1, 0.15) is 50.9 Å². The van der Waals surface area contributed by atoms with E-state index in [9.17, 15) is 24.5 Å². The molecule has 30 heavy (non-hydrogen) atoms. The van der Waals surface area contributed by atoms with Gasteiger partial charge in [-0.3, -0.25) is 20.2 Å². The summed E-state index contributed by atoms with van der Waals surface area (Å²) < 4.78 is 5.07. The number of hydrogen-bond acceptors (Lipinski definition) is 7. The van der Waals surface area contributed by atoms with Gasteiger partial charge in [-0.25, -0.2) is 9.59 Å². The van der Waals surface area contributed by atoms with Crippen molar-refractivity contribution in [2.24, 2.45) is 5.92 Å². The summed E-state index contributed by atoms with van der Waals surface area (Å²) in [7, 11) is 0. The van der Waals surface area contributed by atoms with Crippen molar-refractivity contribution in [3.8, 4) is 0 Å². The molecule has 1 aromatic rings. The highest BCUT2D eigenvalue weighted by Crippen LogP contribution is 2.32. The molecular formula is C20H28N4O6. The predicted octanol–water partition coefficient (Wildman–Crippen LogP) is 2.61. The zero-order valence-electron chi connectivity index (χ0n) is 17.6. The Morgan fingerprint density at radius 3 is 2.57 bits per heavy atom. The summed E-state index contributed by atoms with van der Waals surface area (Å²) in [4.78, 5) is 49.0. The highest BCUT2D eigenvalue weighted by Gasteiger charge is 2.27. The molecular weight excluding hydrogens is 392 g/mol. The number of rotatable bonds is 6. The normalized spacial score (nSPS) is 17.2. The van der Waals surface area contributed by atoms with E-state index in [1.54, 1.807) is 13.8 Å². The van der Waals surface area contributed by atoms with E-state index < -0.39 is 28.9 Å². The molecule has 0 radical (unpaired) electrons. The third-order valence-electron chi connectivity index (χ3n) is 4.72. The van der Waals surface area contributed by atoms with Crippen LogP contribution in [0, 0.1) is 16.0 Å². The summed E-state index contributed by atoms with van der Waals surface area (Å²) in [5.74, 6) is -1.26. The Balaban J connectivity index is 2.10. The fourth-order valence-corrected chi connectivity index (χ4v) is 3.27. The number of imide groups is 1. The minimum Gasteiger partial charge on any atom is -0.449 e. The molecule has 0 aromatic heterocycles. The molecule has 1 fully saturated rings. The largest absolute Gasteiger partial charge is 0.449 e. The van der Waals surface area contributed by atoms with Crippen molar-refractivity contribution in [1.29, 1.82) is 0 Å². The van der Waals surface area contributed by atoms with Gasteiger partial charge in [-0.15, -0.1) is 0 Å². The van der Waals surface area contributed by atoms with Crippen LogP contribution >= 0.6 is 0 Å². The number of nitrogens with one attached hydrogen (secondary N) is 2. The fraction of sp³-hybridized carbons (Fsp3) is 0.550. The molecule has 0 bridgehead atoms. The molecule has 1 aliphatic heterocycles. The van der Waals surface area contributed by atoms with Crippen LogP contribution in [0.4, 0.5) is 16.2 Å². The first-order chi connectivity index (χ1) is 14.1. The molecule has 1 saturated heterocycles. The second kappa shape index (κ2) is 10.0. The van der Waals surface area contributed by atoms with Gasteiger partial charge in [0, 0.05) is 25.2 Å². The lowest BCUT2D eigenvalue weighted by molar-refractivity contribution is -0.384. The Labute approximate surface area is 175 Å². The van der Waals surface area contributed by atoms with Crippen LogP contribution in [0.25, 0.3) is 0 Å². The average Bonchev–Trinajstić information content (AvgIpc) is 2.66. The summed E-state index contributed by atoms with van der Waals surface area (Å²) in [6, 6.07) is 3.27. The van der Waals surface area contributed by atoms with Gasteiger partial charge in [0.2, 0.25) is 0 Å². The van der Waals surface area contributed by atoms with Gasteiger partial charge in [-0.2, -0.15) is 0 Å². The molecule has 2 N–H and O–H groups in total. The summed E-state index contributed by atoms with van der Waals surface area (Å²) in [5, 5.41) is 16.1. The highest BCUT2D eigenvalue weighted by atomic mass is 16.6. The molecule has 10 nitrogen and oxygen atoms in total. The van der Waals surface area contributed by atoms with Crippen LogP contribution in [-0.4, -0.2) is 48.1 Å². The van der Waals surface area contributed by atoms with E-state index in [1.165, 1.54) is 19.1 Å². The van der Waals surface area contributed by atoms with Gasteiger partial charge in [0.05, 0.1) is 10.5 Å². The Morgan fingerprint density at radius 2 is 1.97 bits per heavy atom. The Morgan fingerprint density at radius 1 is 1.27 bits per heavy atom. The number of esters is 1. The molecule has 1 heterocycles. The van der Waals surface area contributed by atoms with Gasteiger partial charge >= 0.3 is 12.0 Å². The number of hydrogen-bond donors (Lipinski definition) is 2. The molecule has 2 rings (SSSR count). The monoisotopic (exact) mass is 420 g/mol. The summed E-state index contributed by atoms with van der Waals surface area (Å²) in [6.07, 6.45) is 0.764. The molecule has 0 spiro atoms. The van der Waals surface area contributed by atoms with E-state index in [0.717, 1.165) is 18.9 Å². The number of piperidine rings is 1. The van der Waals surface area contributed by atoms with E-state index in [1.807, 2.05) is 4.90 Å².